The third kappa shape index (κ3) is 57.0. The number of nitrogens with zero attached hydrogens (tertiary/aromatic N) is 1. The first-order chi connectivity index (χ1) is 5.27. The minimum atomic E-state index is -0.693. The van der Waals surface area contributed by atoms with E-state index in [1.54, 1.807) is 0 Å². The van der Waals surface area contributed by atoms with Crippen LogP contribution in [0.5, 0.6) is 0 Å². The molecule has 74 valence electrons. The Kier molecular flexibility index (Phi) is 8.27. The van der Waals surface area contributed by atoms with Crippen molar-refractivity contribution in [2.45, 2.75) is 26.2 Å². The van der Waals surface area contributed by atoms with E-state index in [0.717, 1.165) is 17.3 Å². The van der Waals surface area contributed by atoms with Crippen LogP contribution in [0.25, 0.3) is 0 Å². The Bertz CT molecular complexity index is 110. The molecule has 0 aliphatic carbocycles. The molecule has 0 aromatic heterocycles. The number of aliphatic carboxylic acids is 1. The summed E-state index contributed by atoms with van der Waals surface area (Å²) in [6.07, 6.45) is 2.08. The molecule has 0 unspecified atom stereocenters. The average Bonchev–Trinajstić information content (AvgIpc) is 1.79. The summed E-state index contributed by atoms with van der Waals surface area (Å²) >= 11 is 0. The predicted molar refractivity (Wildman–Crippen MR) is 51.1 cm³/mol. The molecule has 12 heavy (non-hydrogen) atoms. The van der Waals surface area contributed by atoms with Crippen LogP contribution >= 0.6 is 0 Å². The first-order valence-electron chi connectivity index (χ1n) is 4.28. The molecule has 0 bridgehead atoms. The number of carboxylic acid groups (broad SMARTS) is 1. The van der Waals surface area contributed by atoms with Crippen molar-refractivity contribution >= 4 is 5.97 Å². The van der Waals surface area contributed by atoms with E-state index in [1.165, 1.54) is 0 Å². The molecule has 0 spiro atoms. The SMILES string of the molecule is CCCCC(=O)O.C[N+](C)(C)C. The van der Waals surface area contributed by atoms with E-state index in [2.05, 4.69) is 28.2 Å². The van der Waals surface area contributed by atoms with Gasteiger partial charge in [0.15, 0.2) is 0 Å². The van der Waals surface area contributed by atoms with Crippen LogP contribution in [-0.4, -0.2) is 43.7 Å². The smallest absolute Gasteiger partial charge is 0.303 e. The van der Waals surface area contributed by atoms with Crippen LogP contribution < -0.4 is 0 Å². The zero-order valence-corrected chi connectivity index (χ0v) is 8.92. The van der Waals surface area contributed by atoms with Gasteiger partial charge < -0.3 is 9.59 Å². The van der Waals surface area contributed by atoms with Crippen molar-refractivity contribution in [1.29, 1.82) is 0 Å². The van der Waals surface area contributed by atoms with Gasteiger partial charge in [-0.25, -0.2) is 0 Å². The number of carbonyl (C=O) groups is 1. The highest BCUT2D eigenvalue weighted by molar-refractivity contribution is 5.66. The molecule has 0 heterocycles. The molecular weight excluding hydrogens is 154 g/mol. The molecule has 0 aromatic rings. The van der Waals surface area contributed by atoms with Gasteiger partial charge in [0, 0.05) is 6.42 Å². The number of unbranched alkanes of at least 4 members (excludes halogenated alkanes) is 1. The molecule has 0 aromatic carbocycles. The second-order valence-corrected chi connectivity index (χ2v) is 4.18. The van der Waals surface area contributed by atoms with Crippen LogP contribution in [0.4, 0.5) is 0 Å². The minimum absolute atomic E-state index is 0.316. The van der Waals surface area contributed by atoms with Crippen LogP contribution in [-0.2, 0) is 4.79 Å². The second-order valence-electron chi connectivity index (χ2n) is 4.18. The highest BCUT2D eigenvalue weighted by atomic mass is 16.4. The standard InChI is InChI=1S/C5H10O2.C4H12N/c1-2-3-4-5(6)7;1-5(2,3)4/h2-4H2,1H3,(H,6,7);1-4H3/q;+1. The molecule has 0 saturated heterocycles. The first-order valence-corrected chi connectivity index (χ1v) is 4.28. The van der Waals surface area contributed by atoms with Gasteiger partial charge in [-0.15, -0.1) is 0 Å². The van der Waals surface area contributed by atoms with E-state index in [-0.39, 0.29) is 0 Å². The van der Waals surface area contributed by atoms with Crippen LogP contribution in [0.2, 0.25) is 0 Å². The molecule has 0 amide bonds. The largest absolute Gasteiger partial charge is 0.481 e. The number of carboxylic acids is 1. The molecule has 0 fully saturated rings. The second kappa shape index (κ2) is 7.10. The summed E-state index contributed by atoms with van der Waals surface area (Å²) < 4.78 is 1.00. The van der Waals surface area contributed by atoms with Gasteiger partial charge in [-0.05, 0) is 6.42 Å². The Morgan fingerprint density at radius 3 is 1.67 bits per heavy atom. The number of quaternary nitrogens is 1. The third-order valence-corrected chi connectivity index (χ3v) is 0.744. The summed E-state index contributed by atoms with van der Waals surface area (Å²) in [6, 6.07) is 0. The van der Waals surface area contributed by atoms with Gasteiger partial charge in [-0.3, -0.25) is 4.79 Å². The van der Waals surface area contributed by atoms with Gasteiger partial charge in [-0.1, -0.05) is 13.3 Å². The van der Waals surface area contributed by atoms with Crippen molar-refractivity contribution < 1.29 is 14.4 Å². The zero-order chi connectivity index (χ0) is 10.2. The summed E-state index contributed by atoms with van der Waals surface area (Å²) in [7, 11) is 8.50. The molecule has 0 aliphatic rings. The van der Waals surface area contributed by atoms with Crippen molar-refractivity contribution in [2.24, 2.45) is 0 Å². The van der Waals surface area contributed by atoms with E-state index in [1.807, 2.05) is 6.92 Å². The summed E-state index contributed by atoms with van der Waals surface area (Å²) in [5.41, 5.74) is 0. The quantitative estimate of drug-likeness (QED) is 0.663. The van der Waals surface area contributed by atoms with E-state index in [9.17, 15) is 4.79 Å². The van der Waals surface area contributed by atoms with Gasteiger partial charge in [-0.2, -0.15) is 0 Å². The lowest BCUT2D eigenvalue weighted by Crippen LogP contribution is -2.27. The Morgan fingerprint density at radius 2 is 1.58 bits per heavy atom. The average molecular weight is 176 g/mol. The van der Waals surface area contributed by atoms with Crippen LogP contribution in [0.15, 0.2) is 0 Å². The first kappa shape index (κ1) is 14.0. The van der Waals surface area contributed by atoms with Crippen LogP contribution in [0.1, 0.15) is 26.2 Å². The summed E-state index contributed by atoms with van der Waals surface area (Å²) in [5.74, 6) is -0.693. The summed E-state index contributed by atoms with van der Waals surface area (Å²) in [5, 5.41) is 8.04. The number of rotatable bonds is 3. The predicted octanol–water partition coefficient (Wildman–Crippen LogP) is 1.58. The maximum atomic E-state index is 9.76. The lowest BCUT2D eigenvalue weighted by atomic mass is 10.3. The fourth-order valence-corrected chi connectivity index (χ4v) is 0.328. The van der Waals surface area contributed by atoms with Gasteiger partial charge >= 0.3 is 5.97 Å². The highest BCUT2D eigenvalue weighted by Gasteiger charge is 1.90. The molecule has 0 atom stereocenters. The molecular formula is C9H22NO2+. The molecule has 1 N–H and O–H groups in total. The highest BCUT2D eigenvalue weighted by Crippen LogP contribution is 1.91. The summed E-state index contributed by atoms with van der Waals surface area (Å²) in [6.45, 7) is 1.98. The Morgan fingerprint density at radius 1 is 1.25 bits per heavy atom. The number of hydrogen-bond donors (Lipinski definition) is 1. The Labute approximate surface area is 75.6 Å². The van der Waals surface area contributed by atoms with Gasteiger partial charge in [0.2, 0.25) is 0 Å². The fraction of sp³-hybridized carbons (Fsp3) is 0.889. The zero-order valence-electron chi connectivity index (χ0n) is 8.92. The minimum Gasteiger partial charge on any atom is -0.481 e. The van der Waals surface area contributed by atoms with Crippen molar-refractivity contribution in [3.05, 3.63) is 0 Å². The van der Waals surface area contributed by atoms with Gasteiger partial charge in [0.25, 0.3) is 0 Å². The van der Waals surface area contributed by atoms with Crippen molar-refractivity contribution in [3.63, 3.8) is 0 Å². The lowest BCUT2D eigenvalue weighted by Gasteiger charge is -2.14. The van der Waals surface area contributed by atoms with Crippen molar-refractivity contribution in [3.8, 4) is 0 Å². The lowest BCUT2D eigenvalue weighted by molar-refractivity contribution is -0.849. The maximum absolute atomic E-state index is 9.76. The molecule has 0 aliphatic heterocycles. The Balaban J connectivity index is 0. The summed E-state index contributed by atoms with van der Waals surface area (Å²) in [4.78, 5) is 9.76. The van der Waals surface area contributed by atoms with Gasteiger partial charge in [0.05, 0.1) is 28.2 Å². The van der Waals surface area contributed by atoms with Crippen molar-refractivity contribution in [2.75, 3.05) is 28.2 Å². The van der Waals surface area contributed by atoms with E-state index >= 15 is 0 Å². The molecule has 0 rings (SSSR count). The monoisotopic (exact) mass is 176 g/mol. The topological polar surface area (TPSA) is 37.3 Å². The van der Waals surface area contributed by atoms with E-state index in [0.29, 0.717) is 6.42 Å². The van der Waals surface area contributed by atoms with E-state index < -0.39 is 5.97 Å². The maximum Gasteiger partial charge on any atom is 0.303 e. The fourth-order valence-electron chi connectivity index (χ4n) is 0.328. The molecule has 0 saturated carbocycles. The molecule has 0 radical (unpaired) electrons. The normalized spacial score (nSPS) is 10.1. The van der Waals surface area contributed by atoms with Crippen molar-refractivity contribution in [1.82, 2.24) is 0 Å². The molecule has 3 nitrogen and oxygen atoms in total. The van der Waals surface area contributed by atoms with E-state index in [4.69, 9.17) is 5.11 Å². The number of hydrogen-bond acceptors (Lipinski definition) is 1. The Hall–Kier alpha value is -0.570. The van der Waals surface area contributed by atoms with Gasteiger partial charge in [0.1, 0.15) is 0 Å². The third-order valence-electron chi connectivity index (χ3n) is 0.744. The molecule has 3 heteroatoms. The van der Waals surface area contributed by atoms with Crippen LogP contribution in [0.3, 0.4) is 0 Å². The van der Waals surface area contributed by atoms with Crippen LogP contribution in [0, 0.1) is 0 Å².